The SMILES string of the molecule is COc1cccc(NC(=O)C(=O)N(C)C2CCS(=O)(=O)C2)c1. The molecule has 2 amide bonds. The molecule has 1 aromatic rings. The number of benzene rings is 1. The normalized spacial score (nSPS) is 19.5. The number of carbonyl (C=O) groups excluding carboxylic acids is 2. The molecule has 0 spiro atoms. The van der Waals surface area contributed by atoms with E-state index >= 15 is 0 Å². The predicted octanol–water partition coefficient (Wildman–Crippen LogP) is 0.279. The Hall–Kier alpha value is -2.09. The van der Waals surface area contributed by atoms with Gasteiger partial charge in [-0.2, -0.15) is 0 Å². The molecule has 0 aromatic heterocycles. The number of rotatable bonds is 3. The molecule has 0 bridgehead atoms. The lowest BCUT2D eigenvalue weighted by atomic mass is 10.2. The molecule has 1 heterocycles. The van der Waals surface area contributed by atoms with Gasteiger partial charge in [0.1, 0.15) is 5.75 Å². The third-order valence-electron chi connectivity index (χ3n) is 3.60. The number of nitrogens with zero attached hydrogens (tertiary/aromatic N) is 1. The Morgan fingerprint density at radius 3 is 2.68 bits per heavy atom. The lowest BCUT2D eigenvalue weighted by Gasteiger charge is -2.22. The number of hydrogen-bond acceptors (Lipinski definition) is 5. The van der Waals surface area contributed by atoms with Crippen molar-refractivity contribution in [3.8, 4) is 5.75 Å². The summed E-state index contributed by atoms with van der Waals surface area (Å²) in [5.74, 6) is -1.06. The van der Waals surface area contributed by atoms with E-state index in [2.05, 4.69) is 5.32 Å². The summed E-state index contributed by atoms with van der Waals surface area (Å²) in [5.41, 5.74) is 0.435. The van der Waals surface area contributed by atoms with Crippen molar-refractivity contribution in [1.82, 2.24) is 4.90 Å². The molecule has 0 aliphatic carbocycles. The zero-order valence-electron chi connectivity index (χ0n) is 12.4. The summed E-state index contributed by atoms with van der Waals surface area (Å²) in [5, 5.41) is 2.48. The topological polar surface area (TPSA) is 92.8 Å². The van der Waals surface area contributed by atoms with E-state index in [-0.39, 0.29) is 11.5 Å². The first-order valence-corrected chi connectivity index (χ1v) is 8.57. The third-order valence-corrected chi connectivity index (χ3v) is 5.35. The Morgan fingerprint density at radius 1 is 1.36 bits per heavy atom. The lowest BCUT2D eigenvalue weighted by Crippen LogP contribution is -2.43. The molecular weight excluding hydrogens is 308 g/mol. The summed E-state index contributed by atoms with van der Waals surface area (Å²) < 4.78 is 27.9. The summed E-state index contributed by atoms with van der Waals surface area (Å²) >= 11 is 0. The van der Waals surface area contributed by atoms with Crippen molar-refractivity contribution in [2.75, 3.05) is 31.0 Å². The molecule has 1 fully saturated rings. The Bertz CT molecular complexity index is 686. The number of hydrogen-bond donors (Lipinski definition) is 1. The lowest BCUT2D eigenvalue weighted by molar-refractivity contribution is -0.143. The number of anilines is 1. The Morgan fingerprint density at radius 2 is 2.09 bits per heavy atom. The maximum atomic E-state index is 12.1. The van der Waals surface area contributed by atoms with Crippen LogP contribution in [0.1, 0.15) is 6.42 Å². The highest BCUT2D eigenvalue weighted by Gasteiger charge is 2.34. The summed E-state index contributed by atoms with van der Waals surface area (Å²) in [6.07, 6.45) is 0.358. The van der Waals surface area contributed by atoms with Gasteiger partial charge in [0, 0.05) is 24.8 Å². The number of methoxy groups -OCH3 is 1. The van der Waals surface area contributed by atoms with Gasteiger partial charge in [-0.15, -0.1) is 0 Å². The maximum absolute atomic E-state index is 12.1. The quantitative estimate of drug-likeness (QED) is 0.805. The summed E-state index contributed by atoms with van der Waals surface area (Å²) in [6, 6.07) is 6.17. The number of ether oxygens (including phenoxy) is 1. The molecule has 1 aliphatic heterocycles. The fraction of sp³-hybridized carbons (Fsp3) is 0.429. The van der Waals surface area contributed by atoms with Gasteiger partial charge in [-0.1, -0.05) is 6.07 Å². The van der Waals surface area contributed by atoms with Gasteiger partial charge in [0.2, 0.25) is 0 Å². The Kier molecular flexibility index (Phi) is 4.70. The van der Waals surface area contributed by atoms with E-state index in [1.165, 1.54) is 19.1 Å². The van der Waals surface area contributed by atoms with Crippen LogP contribution in [0.2, 0.25) is 0 Å². The van der Waals surface area contributed by atoms with Crippen LogP contribution < -0.4 is 10.1 Å². The van der Waals surface area contributed by atoms with E-state index in [0.717, 1.165) is 0 Å². The monoisotopic (exact) mass is 326 g/mol. The number of sulfone groups is 1. The molecule has 22 heavy (non-hydrogen) atoms. The van der Waals surface area contributed by atoms with E-state index in [0.29, 0.717) is 17.9 Å². The Labute approximate surface area is 129 Å². The van der Waals surface area contributed by atoms with Crippen molar-refractivity contribution in [1.29, 1.82) is 0 Å². The van der Waals surface area contributed by atoms with E-state index in [9.17, 15) is 18.0 Å². The average molecular weight is 326 g/mol. The molecule has 8 heteroatoms. The van der Waals surface area contributed by atoms with E-state index in [1.54, 1.807) is 24.3 Å². The van der Waals surface area contributed by atoms with Gasteiger partial charge in [0.25, 0.3) is 0 Å². The third kappa shape index (κ3) is 3.76. The van der Waals surface area contributed by atoms with Gasteiger partial charge in [-0.3, -0.25) is 9.59 Å². The highest BCUT2D eigenvalue weighted by molar-refractivity contribution is 7.91. The first kappa shape index (κ1) is 16.3. The number of carbonyl (C=O) groups is 2. The molecular formula is C14H18N2O5S. The van der Waals surface area contributed by atoms with Crippen LogP contribution in [0.4, 0.5) is 5.69 Å². The molecule has 1 N–H and O–H groups in total. The smallest absolute Gasteiger partial charge is 0.313 e. The highest BCUT2D eigenvalue weighted by atomic mass is 32.2. The van der Waals surface area contributed by atoms with Crippen molar-refractivity contribution in [2.45, 2.75) is 12.5 Å². The van der Waals surface area contributed by atoms with E-state index in [4.69, 9.17) is 4.74 Å². The second-order valence-corrected chi connectivity index (χ2v) is 7.39. The Balaban J connectivity index is 2.01. The zero-order chi connectivity index (χ0) is 16.3. The van der Waals surface area contributed by atoms with E-state index in [1.807, 2.05) is 0 Å². The molecule has 7 nitrogen and oxygen atoms in total. The minimum absolute atomic E-state index is 0.0484. The van der Waals surface area contributed by atoms with Crippen LogP contribution in [-0.2, 0) is 19.4 Å². The summed E-state index contributed by atoms with van der Waals surface area (Å²) in [7, 11) is -0.166. The molecule has 0 saturated carbocycles. The van der Waals surface area contributed by atoms with Crippen molar-refractivity contribution < 1.29 is 22.7 Å². The number of amides is 2. The van der Waals surface area contributed by atoms with Gasteiger partial charge in [-0.05, 0) is 18.6 Å². The van der Waals surface area contributed by atoms with Gasteiger partial charge in [-0.25, -0.2) is 8.42 Å². The van der Waals surface area contributed by atoms with Crippen LogP contribution in [0.5, 0.6) is 5.75 Å². The molecule has 1 aromatic carbocycles. The fourth-order valence-corrected chi connectivity index (χ4v) is 4.07. The minimum Gasteiger partial charge on any atom is -0.497 e. The van der Waals surface area contributed by atoms with Gasteiger partial charge < -0.3 is 15.0 Å². The zero-order valence-corrected chi connectivity index (χ0v) is 13.2. The van der Waals surface area contributed by atoms with Gasteiger partial charge >= 0.3 is 11.8 Å². The van der Waals surface area contributed by atoms with Crippen LogP contribution in [0.15, 0.2) is 24.3 Å². The molecule has 1 atom stereocenters. The average Bonchev–Trinajstić information content (AvgIpc) is 2.86. The van der Waals surface area contributed by atoms with Crippen LogP contribution >= 0.6 is 0 Å². The summed E-state index contributed by atoms with van der Waals surface area (Å²) in [4.78, 5) is 25.3. The van der Waals surface area contributed by atoms with Crippen LogP contribution in [0, 0.1) is 0 Å². The second kappa shape index (κ2) is 6.35. The summed E-state index contributed by atoms with van der Waals surface area (Å²) in [6.45, 7) is 0. The van der Waals surface area contributed by atoms with Crippen LogP contribution in [0.3, 0.4) is 0 Å². The molecule has 1 aliphatic rings. The fourth-order valence-electron chi connectivity index (χ4n) is 2.29. The molecule has 1 unspecified atom stereocenters. The molecule has 0 radical (unpaired) electrons. The number of likely N-dealkylation sites (N-methyl/N-ethyl adjacent to an activating group) is 1. The largest absolute Gasteiger partial charge is 0.497 e. The first-order valence-electron chi connectivity index (χ1n) is 6.75. The molecule has 2 rings (SSSR count). The molecule has 1 saturated heterocycles. The standard InChI is InChI=1S/C14H18N2O5S/c1-16(11-6-7-22(19,20)9-11)14(18)13(17)15-10-4-3-5-12(8-10)21-2/h3-5,8,11H,6-7,9H2,1-2H3,(H,15,17). The molecule has 120 valence electrons. The van der Waals surface area contributed by atoms with Crippen LogP contribution in [-0.4, -0.2) is 56.8 Å². The van der Waals surface area contributed by atoms with Crippen molar-refractivity contribution in [3.63, 3.8) is 0 Å². The second-order valence-electron chi connectivity index (χ2n) is 5.16. The minimum atomic E-state index is -3.11. The van der Waals surface area contributed by atoms with E-state index < -0.39 is 27.7 Å². The van der Waals surface area contributed by atoms with Crippen molar-refractivity contribution >= 4 is 27.3 Å². The van der Waals surface area contributed by atoms with Gasteiger partial charge in [0.05, 0.1) is 18.6 Å². The van der Waals surface area contributed by atoms with Crippen LogP contribution in [0.25, 0.3) is 0 Å². The highest BCUT2D eigenvalue weighted by Crippen LogP contribution is 2.18. The van der Waals surface area contributed by atoms with Gasteiger partial charge in [0.15, 0.2) is 9.84 Å². The number of nitrogens with one attached hydrogen (secondary N) is 1. The predicted molar refractivity (Wildman–Crippen MR) is 81.5 cm³/mol. The maximum Gasteiger partial charge on any atom is 0.313 e. The van der Waals surface area contributed by atoms with Crippen molar-refractivity contribution in [2.24, 2.45) is 0 Å². The van der Waals surface area contributed by atoms with Crippen molar-refractivity contribution in [3.05, 3.63) is 24.3 Å². The first-order chi connectivity index (χ1) is 10.3.